The summed E-state index contributed by atoms with van der Waals surface area (Å²) in [5.74, 6) is 0.710. The molecule has 0 heterocycles. The zero-order valence-electron chi connectivity index (χ0n) is 14.2. The summed E-state index contributed by atoms with van der Waals surface area (Å²) in [7, 11) is 0. The van der Waals surface area contributed by atoms with Crippen molar-refractivity contribution in [2.24, 2.45) is 5.73 Å². The van der Waals surface area contributed by atoms with Crippen molar-refractivity contribution in [3.8, 4) is 11.5 Å². The van der Waals surface area contributed by atoms with E-state index >= 15 is 0 Å². The third-order valence-corrected chi connectivity index (χ3v) is 4.51. The summed E-state index contributed by atoms with van der Waals surface area (Å²) in [5, 5.41) is 10.9. The summed E-state index contributed by atoms with van der Waals surface area (Å²) in [5.41, 5.74) is 7.89. The van der Waals surface area contributed by atoms with E-state index in [2.05, 4.69) is 0 Å². The Morgan fingerprint density at radius 3 is 2.40 bits per heavy atom. The van der Waals surface area contributed by atoms with E-state index in [-0.39, 0.29) is 30.6 Å². The fraction of sp³-hybridized carbons (Fsp3) is 0.316. The van der Waals surface area contributed by atoms with Crippen LogP contribution >= 0.6 is 23.2 Å². The van der Waals surface area contributed by atoms with Crippen molar-refractivity contribution in [3.05, 3.63) is 57.1 Å². The molecule has 0 aromatic heterocycles. The molecule has 0 spiro atoms. The molecule has 0 bridgehead atoms. The summed E-state index contributed by atoms with van der Waals surface area (Å²) < 4.78 is 5.36. The van der Waals surface area contributed by atoms with Crippen LogP contribution in [0.2, 0.25) is 10.0 Å². The average molecular weight is 382 g/mol. The average Bonchev–Trinajstić information content (AvgIpc) is 2.57. The van der Waals surface area contributed by atoms with Gasteiger partial charge in [0.05, 0.1) is 6.54 Å². The van der Waals surface area contributed by atoms with Gasteiger partial charge in [0.1, 0.15) is 18.1 Å². The van der Waals surface area contributed by atoms with Gasteiger partial charge in [-0.3, -0.25) is 4.79 Å². The number of rotatable bonds is 7. The summed E-state index contributed by atoms with van der Waals surface area (Å²) in [6.45, 7) is 3.86. The number of ether oxygens (including phenoxy) is 1. The highest BCUT2D eigenvalue weighted by molar-refractivity contribution is 6.36. The van der Waals surface area contributed by atoms with Crippen molar-refractivity contribution in [1.82, 2.24) is 0 Å². The quantitative estimate of drug-likeness (QED) is 0.748. The number of phenolic OH excluding ortho intramolecular Hbond substituents is 1. The van der Waals surface area contributed by atoms with E-state index in [1.54, 1.807) is 18.2 Å². The van der Waals surface area contributed by atoms with Crippen molar-refractivity contribution in [3.63, 3.8) is 0 Å². The number of carbonyl (C=O) groups is 1. The minimum Gasteiger partial charge on any atom is -0.508 e. The van der Waals surface area contributed by atoms with Crippen LogP contribution in [0.5, 0.6) is 11.5 Å². The van der Waals surface area contributed by atoms with Crippen LogP contribution in [0.25, 0.3) is 0 Å². The van der Waals surface area contributed by atoms with Gasteiger partial charge in [0.25, 0.3) is 0 Å². The van der Waals surface area contributed by atoms with Crippen LogP contribution in [0.3, 0.4) is 0 Å². The number of phenols is 1. The van der Waals surface area contributed by atoms with Gasteiger partial charge in [0, 0.05) is 16.5 Å². The van der Waals surface area contributed by atoms with E-state index < -0.39 is 0 Å². The molecule has 0 aliphatic carbocycles. The zero-order chi connectivity index (χ0) is 18.6. The van der Waals surface area contributed by atoms with E-state index in [0.29, 0.717) is 22.2 Å². The Bertz CT molecular complexity index is 752. The van der Waals surface area contributed by atoms with Crippen molar-refractivity contribution >= 4 is 29.0 Å². The molecule has 2 rings (SSSR count). The standard InChI is InChI=1S/C19H21Cl2NO3/c1-11(2)15-5-12(3-4-19(15)24)6-16-17(20)7-14(8-18(16)21)25-10-13(23)9-22/h3-5,7-8,11,24H,6,9-10,22H2,1-2H3. The normalized spacial score (nSPS) is 11.0. The van der Waals surface area contributed by atoms with Crippen molar-refractivity contribution in [2.75, 3.05) is 13.2 Å². The molecule has 0 saturated heterocycles. The Kier molecular flexibility index (Phi) is 6.71. The summed E-state index contributed by atoms with van der Waals surface area (Å²) in [6, 6.07) is 8.75. The zero-order valence-corrected chi connectivity index (χ0v) is 15.7. The second kappa shape index (κ2) is 8.56. The summed E-state index contributed by atoms with van der Waals surface area (Å²) in [4.78, 5) is 11.2. The van der Waals surface area contributed by atoms with E-state index in [1.807, 2.05) is 26.0 Å². The van der Waals surface area contributed by atoms with Crippen molar-refractivity contribution in [1.29, 1.82) is 0 Å². The molecule has 6 heteroatoms. The molecule has 0 aliphatic heterocycles. The van der Waals surface area contributed by atoms with E-state index in [9.17, 15) is 9.90 Å². The second-order valence-electron chi connectivity index (χ2n) is 6.12. The van der Waals surface area contributed by atoms with Gasteiger partial charge in [-0.1, -0.05) is 49.2 Å². The molecule has 4 nitrogen and oxygen atoms in total. The number of hydrogen-bond acceptors (Lipinski definition) is 4. The molecule has 0 saturated carbocycles. The van der Waals surface area contributed by atoms with E-state index in [0.717, 1.165) is 16.7 Å². The highest BCUT2D eigenvalue weighted by atomic mass is 35.5. The van der Waals surface area contributed by atoms with Crippen molar-refractivity contribution in [2.45, 2.75) is 26.2 Å². The largest absolute Gasteiger partial charge is 0.508 e. The minimum absolute atomic E-state index is 0.0708. The molecule has 3 N–H and O–H groups in total. The lowest BCUT2D eigenvalue weighted by Crippen LogP contribution is -2.20. The SMILES string of the molecule is CC(C)c1cc(Cc2c(Cl)cc(OCC(=O)CN)cc2Cl)ccc1O. The molecular formula is C19H21Cl2NO3. The molecule has 0 unspecified atom stereocenters. The Labute approximate surface area is 157 Å². The molecular weight excluding hydrogens is 361 g/mol. The molecule has 0 amide bonds. The Hall–Kier alpha value is -1.75. The minimum atomic E-state index is -0.207. The van der Waals surface area contributed by atoms with Crippen LogP contribution in [0.15, 0.2) is 30.3 Å². The first-order chi connectivity index (χ1) is 11.8. The Morgan fingerprint density at radius 1 is 1.20 bits per heavy atom. The molecule has 0 fully saturated rings. The predicted octanol–water partition coefficient (Wildman–Crippen LogP) is 4.32. The first kappa shape index (κ1) is 19.6. The predicted molar refractivity (Wildman–Crippen MR) is 101 cm³/mol. The first-order valence-electron chi connectivity index (χ1n) is 7.96. The van der Waals surface area contributed by atoms with Gasteiger partial charge in [0.15, 0.2) is 5.78 Å². The lowest BCUT2D eigenvalue weighted by molar-refractivity contribution is -0.119. The Balaban J connectivity index is 2.23. The number of aromatic hydroxyl groups is 1. The highest BCUT2D eigenvalue weighted by Gasteiger charge is 2.13. The van der Waals surface area contributed by atoms with Crippen LogP contribution < -0.4 is 10.5 Å². The van der Waals surface area contributed by atoms with Gasteiger partial charge < -0.3 is 15.6 Å². The maximum Gasteiger partial charge on any atom is 0.183 e. The molecule has 0 aliphatic rings. The third-order valence-electron chi connectivity index (χ3n) is 3.84. The fourth-order valence-electron chi connectivity index (χ4n) is 2.44. The summed E-state index contributed by atoms with van der Waals surface area (Å²) in [6.07, 6.45) is 0.527. The topological polar surface area (TPSA) is 72.5 Å². The molecule has 0 atom stereocenters. The highest BCUT2D eigenvalue weighted by Crippen LogP contribution is 2.33. The number of hydrogen-bond donors (Lipinski definition) is 2. The molecule has 2 aromatic rings. The number of nitrogens with two attached hydrogens (primary N) is 1. The molecule has 25 heavy (non-hydrogen) atoms. The molecule has 134 valence electrons. The summed E-state index contributed by atoms with van der Waals surface area (Å²) >= 11 is 12.7. The number of ketones is 1. The first-order valence-corrected chi connectivity index (χ1v) is 8.71. The van der Waals surface area contributed by atoms with Gasteiger partial charge >= 0.3 is 0 Å². The van der Waals surface area contributed by atoms with Gasteiger partial charge in [-0.2, -0.15) is 0 Å². The fourth-order valence-corrected chi connectivity index (χ4v) is 3.04. The number of carbonyl (C=O) groups excluding carboxylic acids is 1. The lowest BCUT2D eigenvalue weighted by Gasteiger charge is -2.13. The number of benzene rings is 2. The number of halogens is 2. The Morgan fingerprint density at radius 2 is 1.84 bits per heavy atom. The third kappa shape index (κ3) is 5.11. The van der Waals surface area contributed by atoms with Gasteiger partial charge in [0.2, 0.25) is 0 Å². The van der Waals surface area contributed by atoms with Crippen LogP contribution in [0.4, 0.5) is 0 Å². The lowest BCUT2D eigenvalue weighted by atomic mass is 9.96. The van der Waals surface area contributed by atoms with Gasteiger partial charge in [-0.25, -0.2) is 0 Å². The van der Waals surface area contributed by atoms with Gasteiger partial charge in [-0.15, -0.1) is 0 Å². The van der Waals surface area contributed by atoms with Crippen LogP contribution in [-0.2, 0) is 11.2 Å². The molecule has 0 radical (unpaired) electrons. The second-order valence-corrected chi connectivity index (χ2v) is 6.94. The van der Waals surface area contributed by atoms with E-state index in [4.69, 9.17) is 33.7 Å². The number of Topliss-reactive ketones (excluding diaryl/α,β-unsaturated/α-hetero) is 1. The maximum absolute atomic E-state index is 11.2. The monoisotopic (exact) mass is 381 g/mol. The van der Waals surface area contributed by atoms with Crippen LogP contribution in [0, 0.1) is 0 Å². The molecule has 2 aromatic carbocycles. The van der Waals surface area contributed by atoms with Crippen LogP contribution in [-0.4, -0.2) is 24.0 Å². The maximum atomic E-state index is 11.2. The van der Waals surface area contributed by atoms with Crippen molar-refractivity contribution < 1.29 is 14.6 Å². The van der Waals surface area contributed by atoms with Crippen LogP contribution in [0.1, 0.15) is 36.5 Å². The smallest absolute Gasteiger partial charge is 0.183 e. The van der Waals surface area contributed by atoms with E-state index in [1.165, 1.54) is 0 Å². The van der Waals surface area contributed by atoms with Gasteiger partial charge in [-0.05, 0) is 40.8 Å².